The Morgan fingerprint density at radius 1 is 1.00 bits per heavy atom. The predicted octanol–water partition coefficient (Wildman–Crippen LogP) is 1.31. The number of anilines is 1. The summed E-state index contributed by atoms with van der Waals surface area (Å²) in [6.07, 6.45) is 0.855. The molecule has 0 spiro atoms. The number of sulfonamides is 1. The first kappa shape index (κ1) is 23.4. The molecule has 5 rings (SSSR count). The number of carbonyl (C=O) groups excluding carboxylic acids is 1. The van der Waals surface area contributed by atoms with E-state index in [9.17, 15) is 23.2 Å². The van der Waals surface area contributed by atoms with Gasteiger partial charge in [-0.1, -0.05) is 6.07 Å². The van der Waals surface area contributed by atoms with Crippen LogP contribution in [0.25, 0.3) is 0 Å². The van der Waals surface area contributed by atoms with Gasteiger partial charge in [-0.2, -0.15) is 9.53 Å². The quantitative estimate of drug-likeness (QED) is 0.456. The van der Waals surface area contributed by atoms with Crippen molar-refractivity contribution < 1.29 is 23.6 Å². The Hall–Kier alpha value is -3.35. The number of nitrogens with zero attached hydrogens (tertiary/aromatic N) is 2. The van der Waals surface area contributed by atoms with Gasteiger partial charge in [0.1, 0.15) is 0 Å². The van der Waals surface area contributed by atoms with E-state index in [4.69, 9.17) is 5.21 Å². The van der Waals surface area contributed by atoms with Crippen molar-refractivity contribution in [2.45, 2.75) is 23.8 Å². The lowest BCUT2D eigenvalue weighted by atomic mass is 9.84. The van der Waals surface area contributed by atoms with Crippen molar-refractivity contribution in [3.63, 3.8) is 0 Å². The molecule has 11 heteroatoms. The van der Waals surface area contributed by atoms with Gasteiger partial charge in [-0.3, -0.25) is 9.59 Å². The number of quaternary nitrogens is 1. The second-order valence-electron chi connectivity index (χ2n) is 8.88. The molecule has 10 nitrogen and oxygen atoms in total. The molecule has 3 heterocycles. The van der Waals surface area contributed by atoms with Crippen LogP contribution >= 0.6 is 0 Å². The van der Waals surface area contributed by atoms with Crippen molar-refractivity contribution in [2.24, 2.45) is 5.92 Å². The molecule has 3 atom stereocenters. The van der Waals surface area contributed by atoms with Gasteiger partial charge in [0.15, 0.2) is 5.69 Å². The van der Waals surface area contributed by atoms with Crippen LogP contribution in [-0.2, 0) is 16.6 Å². The average Bonchev–Trinajstić information content (AvgIpc) is 2.85. The van der Waals surface area contributed by atoms with Crippen LogP contribution in [0.15, 0.2) is 76.4 Å². The molecule has 3 unspecified atom stereocenters. The molecule has 1 saturated heterocycles. The molecule has 3 aromatic rings. The van der Waals surface area contributed by atoms with Gasteiger partial charge in [-0.15, -0.1) is 0 Å². The van der Waals surface area contributed by atoms with E-state index < -0.39 is 21.2 Å². The fraction of sp³-hybridized carbons (Fsp3) is 0.250. The molecule has 1 aromatic heterocycles. The zero-order valence-corrected chi connectivity index (χ0v) is 19.4. The number of piperidine rings is 1. The highest BCUT2D eigenvalue weighted by Crippen LogP contribution is 2.37. The van der Waals surface area contributed by atoms with Gasteiger partial charge < -0.3 is 15.1 Å². The molecular weight excluding hydrogens is 472 g/mol. The van der Waals surface area contributed by atoms with Crippen molar-refractivity contribution in [1.29, 1.82) is 0 Å². The van der Waals surface area contributed by atoms with Gasteiger partial charge in [0.2, 0.25) is 10.0 Å². The van der Waals surface area contributed by atoms with Crippen LogP contribution in [0.2, 0.25) is 0 Å². The number of aromatic nitrogens is 1. The van der Waals surface area contributed by atoms with Crippen molar-refractivity contribution in [1.82, 2.24) is 8.87 Å². The van der Waals surface area contributed by atoms with E-state index in [1.165, 1.54) is 58.9 Å². The van der Waals surface area contributed by atoms with Crippen molar-refractivity contribution >= 4 is 27.3 Å². The van der Waals surface area contributed by atoms with Gasteiger partial charge in [0.05, 0.1) is 4.90 Å². The van der Waals surface area contributed by atoms with Crippen LogP contribution in [0.1, 0.15) is 28.4 Å². The van der Waals surface area contributed by atoms with Gasteiger partial charge >= 0.3 is 0 Å². The van der Waals surface area contributed by atoms with E-state index in [2.05, 4.69) is 5.32 Å². The number of pyridine rings is 1. The molecule has 0 aliphatic carbocycles. The Morgan fingerprint density at radius 2 is 1.71 bits per heavy atom. The SMILES string of the molecule is O=C(Nc1ccc(S(=O)(=O)N2CC3CC(C2)c2cccc(=O)n2C3)cc1)c1ccc([NH+]([O-])O)cc1. The fourth-order valence-electron chi connectivity index (χ4n) is 4.88. The van der Waals surface area contributed by atoms with E-state index in [0.29, 0.717) is 25.3 Å². The first-order chi connectivity index (χ1) is 16.7. The topological polar surface area (TPSA) is 136 Å². The third kappa shape index (κ3) is 4.51. The molecule has 3 N–H and O–H groups in total. The normalized spacial score (nSPS) is 20.6. The Labute approximate surface area is 201 Å². The highest BCUT2D eigenvalue weighted by atomic mass is 32.2. The Balaban J connectivity index is 1.30. The maximum Gasteiger partial charge on any atom is 0.255 e. The summed E-state index contributed by atoms with van der Waals surface area (Å²) in [6, 6.07) is 16.6. The van der Waals surface area contributed by atoms with Crippen molar-refractivity contribution in [3.8, 4) is 0 Å². The Morgan fingerprint density at radius 3 is 2.40 bits per heavy atom. The first-order valence-corrected chi connectivity index (χ1v) is 12.6. The minimum atomic E-state index is -3.75. The summed E-state index contributed by atoms with van der Waals surface area (Å²) in [5.74, 6) is -0.394. The number of carbonyl (C=O) groups is 1. The number of fused-ring (bicyclic) bond motifs is 4. The smallest absolute Gasteiger partial charge is 0.255 e. The van der Waals surface area contributed by atoms with Gasteiger partial charge in [-0.25, -0.2) is 13.6 Å². The average molecular weight is 497 g/mol. The largest absolute Gasteiger partial charge is 0.595 e. The van der Waals surface area contributed by atoms with E-state index >= 15 is 0 Å². The summed E-state index contributed by atoms with van der Waals surface area (Å²) in [6.45, 7) is 1.17. The van der Waals surface area contributed by atoms with Gasteiger partial charge in [0.25, 0.3) is 11.5 Å². The van der Waals surface area contributed by atoms with E-state index in [1.807, 2.05) is 6.07 Å². The molecule has 0 saturated carbocycles. The molecule has 1 amide bonds. The van der Waals surface area contributed by atoms with E-state index in [0.717, 1.165) is 12.1 Å². The van der Waals surface area contributed by atoms with Gasteiger partial charge in [-0.05, 0) is 54.8 Å². The molecule has 35 heavy (non-hydrogen) atoms. The number of nitrogens with one attached hydrogen (secondary N) is 2. The number of benzene rings is 2. The minimum absolute atomic E-state index is 0.0303. The molecule has 2 aliphatic heterocycles. The Kier molecular flexibility index (Phi) is 6.03. The highest BCUT2D eigenvalue weighted by Gasteiger charge is 2.39. The zero-order valence-electron chi connectivity index (χ0n) is 18.6. The zero-order chi connectivity index (χ0) is 24.7. The molecule has 2 bridgehead atoms. The number of rotatable bonds is 5. The number of amides is 1. The van der Waals surface area contributed by atoms with Crippen LogP contribution in [-0.4, -0.2) is 41.5 Å². The summed E-state index contributed by atoms with van der Waals surface area (Å²) >= 11 is 0. The molecule has 1 fully saturated rings. The molecule has 182 valence electrons. The third-order valence-electron chi connectivity index (χ3n) is 6.59. The molecule has 2 aromatic carbocycles. The first-order valence-electron chi connectivity index (χ1n) is 11.2. The van der Waals surface area contributed by atoms with Crippen LogP contribution < -0.4 is 16.1 Å². The maximum atomic E-state index is 13.4. The summed E-state index contributed by atoms with van der Waals surface area (Å²) in [5, 5.41) is 21.5. The summed E-state index contributed by atoms with van der Waals surface area (Å²) in [7, 11) is -3.75. The third-order valence-corrected chi connectivity index (χ3v) is 8.44. The van der Waals surface area contributed by atoms with Crippen LogP contribution in [0.4, 0.5) is 11.4 Å². The second-order valence-corrected chi connectivity index (χ2v) is 10.8. The van der Waals surface area contributed by atoms with E-state index in [-0.39, 0.29) is 33.5 Å². The standard InChI is InChI=1S/C24H24N4O6S/c29-23-3-1-2-22-18-12-16(14-27(22)23)13-26(15-18)35(33,34)21-10-6-19(7-11-21)25-24(30)17-4-8-20(9-5-17)28(31)32/h1-11,16,18,28,31H,12-15H2,(H,25,30). The predicted molar refractivity (Wildman–Crippen MR) is 127 cm³/mol. The second kappa shape index (κ2) is 9.02. The summed E-state index contributed by atoms with van der Waals surface area (Å²) in [4.78, 5) is 24.8. The number of hydrogen-bond donors (Lipinski definition) is 3. The Bertz CT molecular complexity index is 1420. The summed E-state index contributed by atoms with van der Waals surface area (Å²) < 4.78 is 30.0. The van der Waals surface area contributed by atoms with Crippen LogP contribution in [0.5, 0.6) is 0 Å². The van der Waals surface area contributed by atoms with Crippen molar-refractivity contribution in [2.75, 3.05) is 18.4 Å². The maximum absolute atomic E-state index is 13.4. The molecule has 0 radical (unpaired) electrons. The van der Waals surface area contributed by atoms with Crippen molar-refractivity contribution in [3.05, 3.63) is 93.5 Å². The van der Waals surface area contributed by atoms with Crippen LogP contribution in [0.3, 0.4) is 0 Å². The lowest BCUT2D eigenvalue weighted by molar-refractivity contribution is -0.991. The minimum Gasteiger partial charge on any atom is -0.595 e. The monoisotopic (exact) mass is 496 g/mol. The van der Waals surface area contributed by atoms with E-state index in [1.54, 1.807) is 10.6 Å². The number of hydrogen-bond acceptors (Lipinski definition) is 6. The lowest BCUT2D eigenvalue weighted by Gasteiger charge is -2.42. The summed E-state index contributed by atoms with van der Waals surface area (Å²) in [5.41, 5.74) is 1.60. The highest BCUT2D eigenvalue weighted by molar-refractivity contribution is 7.89. The fourth-order valence-corrected chi connectivity index (χ4v) is 6.44. The molecule has 2 aliphatic rings. The van der Waals surface area contributed by atoms with Gasteiger partial charge in [0, 0.05) is 60.7 Å². The lowest BCUT2D eigenvalue weighted by Crippen LogP contribution is -2.99. The van der Waals surface area contributed by atoms with Crippen LogP contribution in [0, 0.1) is 11.1 Å². The molecular formula is C24H24N4O6S.